The van der Waals surface area contributed by atoms with Crippen molar-refractivity contribution in [3.8, 4) is 11.6 Å². The van der Waals surface area contributed by atoms with E-state index in [1.54, 1.807) is 12.4 Å². The quantitative estimate of drug-likeness (QED) is 0.875. The number of aryl methyl sites for hydroxylation is 1. The van der Waals surface area contributed by atoms with Crippen LogP contribution in [0.25, 0.3) is 11.6 Å². The summed E-state index contributed by atoms with van der Waals surface area (Å²) in [5, 5.41) is 0. The van der Waals surface area contributed by atoms with Crippen LogP contribution in [0.2, 0.25) is 0 Å². The first kappa shape index (κ1) is 13.9. The molecule has 0 unspecified atom stereocenters. The topological polar surface area (TPSA) is 71.5 Å². The number of nitrogens with zero attached hydrogens (tertiary/aromatic N) is 3. The number of aromatic nitrogens is 4. The molecule has 0 aliphatic carbocycles. The van der Waals surface area contributed by atoms with Gasteiger partial charge in [-0.3, -0.25) is 4.79 Å². The lowest BCUT2D eigenvalue weighted by atomic mass is 9.92. The van der Waals surface area contributed by atoms with E-state index in [1.807, 2.05) is 27.7 Å². The molecule has 2 aromatic rings. The third-order valence-electron chi connectivity index (χ3n) is 2.57. The zero-order valence-corrected chi connectivity index (χ0v) is 12.9. The van der Waals surface area contributed by atoms with Gasteiger partial charge in [-0.2, -0.15) is 0 Å². The highest BCUT2D eigenvalue weighted by molar-refractivity contribution is 9.10. The number of hydrogen-bond donors (Lipinski definition) is 1. The van der Waals surface area contributed by atoms with E-state index in [0.717, 1.165) is 5.56 Å². The van der Waals surface area contributed by atoms with Crippen LogP contribution in [-0.2, 0) is 5.41 Å². The molecule has 0 atom stereocenters. The number of nitrogens with one attached hydrogen (secondary N) is 1. The van der Waals surface area contributed by atoms with E-state index < -0.39 is 0 Å². The minimum Gasteiger partial charge on any atom is -0.303 e. The van der Waals surface area contributed by atoms with Crippen LogP contribution in [0, 0.1) is 6.92 Å². The molecule has 0 aromatic carbocycles. The molecule has 0 saturated heterocycles. The summed E-state index contributed by atoms with van der Waals surface area (Å²) in [6.45, 7) is 7.90. The van der Waals surface area contributed by atoms with Crippen LogP contribution in [0.5, 0.6) is 0 Å². The first-order valence-corrected chi connectivity index (χ1v) is 6.67. The van der Waals surface area contributed by atoms with Crippen LogP contribution < -0.4 is 5.56 Å². The third-order valence-corrected chi connectivity index (χ3v) is 3.30. The third kappa shape index (κ3) is 2.89. The van der Waals surface area contributed by atoms with Crippen molar-refractivity contribution in [3.05, 3.63) is 38.5 Å². The maximum Gasteiger partial charge on any atom is 0.265 e. The summed E-state index contributed by atoms with van der Waals surface area (Å²) in [6.07, 6.45) is 3.39. The molecular formula is C13H15BrN4O. The van der Waals surface area contributed by atoms with Crippen LogP contribution in [0.15, 0.2) is 21.7 Å². The van der Waals surface area contributed by atoms with E-state index in [4.69, 9.17) is 0 Å². The number of halogens is 1. The molecule has 2 rings (SSSR count). The Morgan fingerprint density at radius 2 is 1.79 bits per heavy atom. The van der Waals surface area contributed by atoms with Gasteiger partial charge in [0.15, 0.2) is 11.6 Å². The van der Waals surface area contributed by atoms with Crippen LogP contribution in [0.3, 0.4) is 0 Å². The van der Waals surface area contributed by atoms with Gasteiger partial charge in [-0.05, 0) is 28.4 Å². The Hall–Kier alpha value is -1.56. The number of H-pyrrole nitrogens is 1. The molecule has 100 valence electrons. The maximum atomic E-state index is 11.9. The molecule has 1 N–H and O–H groups in total. The van der Waals surface area contributed by atoms with Gasteiger partial charge in [0.1, 0.15) is 4.47 Å². The molecule has 0 amide bonds. The molecule has 5 nitrogen and oxygen atoms in total. The predicted molar refractivity (Wildman–Crippen MR) is 77.0 cm³/mol. The molecule has 6 heteroatoms. The van der Waals surface area contributed by atoms with E-state index in [0.29, 0.717) is 21.8 Å². The molecular weight excluding hydrogens is 308 g/mol. The second-order valence-corrected chi connectivity index (χ2v) is 6.20. The van der Waals surface area contributed by atoms with Gasteiger partial charge >= 0.3 is 0 Å². The van der Waals surface area contributed by atoms with E-state index >= 15 is 0 Å². The molecule has 0 aliphatic heterocycles. The zero-order chi connectivity index (χ0) is 14.2. The van der Waals surface area contributed by atoms with Gasteiger partial charge in [-0.15, -0.1) is 0 Å². The first-order chi connectivity index (χ1) is 8.79. The van der Waals surface area contributed by atoms with Gasteiger partial charge in [-0.25, -0.2) is 15.0 Å². The summed E-state index contributed by atoms with van der Waals surface area (Å²) < 4.78 is 0.455. The number of aromatic amines is 1. The van der Waals surface area contributed by atoms with Crippen molar-refractivity contribution < 1.29 is 0 Å². The fourth-order valence-electron chi connectivity index (χ4n) is 1.58. The Labute approximate surface area is 119 Å². The standard InChI is InChI=1S/C13H15BrN4O/c1-7-5-15-10(16-6-7)11-17-9(13(2,3)4)8(14)12(19)18-11/h5-6H,1-4H3,(H,17,18,19). The van der Waals surface area contributed by atoms with Gasteiger partial charge in [0, 0.05) is 17.8 Å². The summed E-state index contributed by atoms with van der Waals surface area (Å²) in [5.41, 5.74) is 1.18. The van der Waals surface area contributed by atoms with E-state index in [9.17, 15) is 4.79 Å². The van der Waals surface area contributed by atoms with Gasteiger partial charge in [-0.1, -0.05) is 20.8 Å². The molecule has 0 saturated carbocycles. The Morgan fingerprint density at radius 3 is 2.32 bits per heavy atom. The average molecular weight is 323 g/mol. The highest BCUT2D eigenvalue weighted by Gasteiger charge is 2.22. The van der Waals surface area contributed by atoms with Crippen LogP contribution in [0.1, 0.15) is 32.0 Å². The predicted octanol–water partition coefficient (Wildman–Crippen LogP) is 2.60. The van der Waals surface area contributed by atoms with Gasteiger partial charge < -0.3 is 4.98 Å². The normalized spacial score (nSPS) is 11.6. The fraction of sp³-hybridized carbons (Fsp3) is 0.385. The summed E-state index contributed by atoms with van der Waals surface area (Å²) in [4.78, 5) is 27.5. The average Bonchev–Trinajstić information content (AvgIpc) is 2.32. The molecule has 0 bridgehead atoms. The van der Waals surface area contributed by atoms with Crippen molar-refractivity contribution in [3.63, 3.8) is 0 Å². The van der Waals surface area contributed by atoms with Crippen LogP contribution in [0.4, 0.5) is 0 Å². The largest absolute Gasteiger partial charge is 0.303 e. The smallest absolute Gasteiger partial charge is 0.265 e. The fourth-order valence-corrected chi connectivity index (χ4v) is 2.36. The Kier molecular flexibility index (Phi) is 3.54. The summed E-state index contributed by atoms with van der Waals surface area (Å²) in [6, 6.07) is 0. The SMILES string of the molecule is Cc1cnc(-c2nc(C(C)(C)C)c(Br)c(=O)[nH]2)nc1. The lowest BCUT2D eigenvalue weighted by Crippen LogP contribution is -2.22. The summed E-state index contributed by atoms with van der Waals surface area (Å²) >= 11 is 3.29. The number of hydrogen-bond acceptors (Lipinski definition) is 4. The summed E-state index contributed by atoms with van der Waals surface area (Å²) in [7, 11) is 0. The van der Waals surface area contributed by atoms with Crippen LogP contribution >= 0.6 is 15.9 Å². The zero-order valence-electron chi connectivity index (χ0n) is 11.3. The lowest BCUT2D eigenvalue weighted by Gasteiger charge is -2.19. The second-order valence-electron chi connectivity index (χ2n) is 5.41. The van der Waals surface area contributed by atoms with Gasteiger partial charge in [0.2, 0.25) is 0 Å². The highest BCUT2D eigenvalue weighted by Crippen LogP contribution is 2.26. The first-order valence-electron chi connectivity index (χ1n) is 5.88. The summed E-state index contributed by atoms with van der Waals surface area (Å²) in [5.74, 6) is 0.804. The van der Waals surface area contributed by atoms with Gasteiger partial charge in [0.25, 0.3) is 5.56 Å². The van der Waals surface area contributed by atoms with Crippen molar-refractivity contribution >= 4 is 15.9 Å². The number of rotatable bonds is 1. The Balaban J connectivity index is 2.63. The van der Waals surface area contributed by atoms with Gasteiger partial charge in [0.05, 0.1) is 5.69 Å². The monoisotopic (exact) mass is 322 g/mol. The molecule has 0 spiro atoms. The molecule has 0 fully saturated rings. The molecule has 0 radical (unpaired) electrons. The van der Waals surface area contributed by atoms with E-state index in [2.05, 4.69) is 35.9 Å². The highest BCUT2D eigenvalue weighted by atomic mass is 79.9. The lowest BCUT2D eigenvalue weighted by molar-refractivity contribution is 0.562. The molecule has 2 heterocycles. The Morgan fingerprint density at radius 1 is 1.21 bits per heavy atom. The second kappa shape index (κ2) is 4.85. The minimum atomic E-state index is -0.244. The van der Waals surface area contributed by atoms with E-state index in [-0.39, 0.29) is 11.0 Å². The van der Waals surface area contributed by atoms with Crippen molar-refractivity contribution in [2.24, 2.45) is 0 Å². The Bertz CT molecular complexity index is 656. The molecule has 19 heavy (non-hydrogen) atoms. The van der Waals surface area contributed by atoms with Crippen molar-refractivity contribution in [1.29, 1.82) is 0 Å². The maximum absolute atomic E-state index is 11.9. The van der Waals surface area contributed by atoms with Crippen molar-refractivity contribution in [1.82, 2.24) is 19.9 Å². The molecule has 0 aliphatic rings. The van der Waals surface area contributed by atoms with Crippen molar-refractivity contribution in [2.75, 3.05) is 0 Å². The van der Waals surface area contributed by atoms with E-state index in [1.165, 1.54) is 0 Å². The van der Waals surface area contributed by atoms with Crippen molar-refractivity contribution in [2.45, 2.75) is 33.1 Å². The van der Waals surface area contributed by atoms with Crippen LogP contribution in [-0.4, -0.2) is 19.9 Å². The molecule has 2 aromatic heterocycles. The minimum absolute atomic E-state index is 0.223.